The maximum absolute atomic E-state index is 12.0. The number of nitrogens with zero attached hydrogens (tertiary/aromatic N) is 1. The first-order chi connectivity index (χ1) is 12.1. The zero-order valence-electron chi connectivity index (χ0n) is 14.7. The van der Waals surface area contributed by atoms with Gasteiger partial charge in [-0.2, -0.15) is 0 Å². The fourth-order valence-electron chi connectivity index (χ4n) is 1.95. The molecule has 0 aliphatic carbocycles. The molecule has 8 heteroatoms. The topological polar surface area (TPSA) is 104 Å². The van der Waals surface area contributed by atoms with Crippen LogP contribution in [0.2, 0.25) is 5.02 Å². The van der Waals surface area contributed by atoms with Crippen LogP contribution in [0.4, 0.5) is 16.3 Å². The summed E-state index contributed by atoms with van der Waals surface area (Å²) in [5.41, 5.74) is 6.55. The van der Waals surface area contributed by atoms with Gasteiger partial charge in [0.05, 0.1) is 5.56 Å². The predicted octanol–water partition coefficient (Wildman–Crippen LogP) is 4.02. The van der Waals surface area contributed by atoms with Crippen molar-refractivity contribution in [3.05, 3.63) is 52.7 Å². The number of aromatic nitrogens is 1. The van der Waals surface area contributed by atoms with Gasteiger partial charge in [0.2, 0.25) is 0 Å². The molecule has 1 aromatic heterocycles. The molecule has 0 saturated heterocycles. The third kappa shape index (κ3) is 5.93. The van der Waals surface area contributed by atoms with E-state index in [0.29, 0.717) is 21.8 Å². The van der Waals surface area contributed by atoms with Gasteiger partial charge in [-0.05, 0) is 45.0 Å². The highest BCUT2D eigenvalue weighted by Crippen LogP contribution is 2.19. The number of pyridine rings is 1. The summed E-state index contributed by atoms with van der Waals surface area (Å²) >= 11 is 5.82. The van der Waals surface area contributed by atoms with Crippen LogP contribution in [-0.4, -0.2) is 22.6 Å². The fourth-order valence-corrected chi connectivity index (χ4v) is 2.11. The number of benzene rings is 1. The number of rotatable bonds is 4. The lowest BCUT2D eigenvalue weighted by atomic mass is 10.1. The van der Waals surface area contributed by atoms with Crippen LogP contribution in [0.5, 0.6) is 0 Å². The van der Waals surface area contributed by atoms with Crippen LogP contribution >= 0.6 is 11.6 Å². The van der Waals surface area contributed by atoms with Gasteiger partial charge in [0, 0.05) is 22.5 Å². The number of amides is 1. The third-order valence-electron chi connectivity index (χ3n) is 3.09. The molecular formula is C18H20ClN3O4. The van der Waals surface area contributed by atoms with E-state index in [1.54, 1.807) is 39.0 Å². The van der Waals surface area contributed by atoms with E-state index < -0.39 is 17.7 Å². The van der Waals surface area contributed by atoms with Crippen molar-refractivity contribution in [1.29, 1.82) is 0 Å². The minimum Gasteiger partial charge on any atom is -0.456 e. The van der Waals surface area contributed by atoms with E-state index in [0.717, 1.165) is 0 Å². The molecule has 7 nitrogen and oxygen atoms in total. The molecule has 0 aliphatic heterocycles. The number of hydrogen-bond acceptors (Lipinski definition) is 6. The average molecular weight is 378 g/mol. The Morgan fingerprint density at radius 2 is 1.96 bits per heavy atom. The third-order valence-corrected chi connectivity index (χ3v) is 3.33. The van der Waals surface area contributed by atoms with Crippen molar-refractivity contribution in [2.24, 2.45) is 0 Å². The van der Waals surface area contributed by atoms with Crippen molar-refractivity contribution in [3.63, 3.8) is 0 Å². The van der Waals surface area contributed by atoms with Crippen molar-refractivity contribution in [2.45, 2.75) is 33.0 Å². The van der Waals surface area contributed by atoms with Crippen molar-refractivity contribution in [2.75, 3.05) is 11.1 Å². The number of ether oxygens (including phenoxy) is 2. The van der Waals surface area contributed by atoms with Crippen molar-refractivity contribution >= 4 is 35.2 Å². The van der Waals surface area contributed by atoms with Crippen LogP contribution in [0.25, 0.3) is 0 Å². The van der Waals surface area contributed by atoms with Crippen LogP contribution in [-0.2, 0) is 16.1 Å². The van der Waals surface area contributed by atoms with Crippen LogP contribution in [0, 0.1) is 0 Å². The lowest BCUT2D eigenvalue weighted by molar-refractivity contribution is 0.00694. The van der Waals surface area contributed by atoms with Gasteiger partial charge in [0.1, 0.15) is 18.0 Å². The van der Waals surface area contributed by atoms with Gasteiger partial charge in [-0.15, -0.1) is 0 Å². The second-order valence-corrected chi connectivity index (χ2v) is 6.91. The summed E-state index contributed by atoms with van der Waals surface area (Å²) in [6.07, 6.45) is 0.765. The zero-order chi connectivity index (χ0) is 19.3. The minimum absolute atomic E-state index is 0.0627. The molecule has 2 aromatic rings. The Kier molecular flexibility index (Phi) is 6.05. The van der Waals surface area contributed by atoms with Gasteiger partial charge >= 0.3 is 12.1 Å². The van der Waals surface area contributed by atoms with Gasteiger partial charge in [-0.25, -0.2) is 14.6 Å². The molecule has 0 atom stereocenters. The summed E-state index contributed by atoms with van der Waals surface area (Å²) in [4.78, 5) is 27.8. The zero-order valence-corrected chi connectivity index (χ0v) is 15.5. The molecule has 1 amide bonds. The van der Waals surface area contributed by atoms with E-state index >= 15 is 0 Å². The van der Waals surface area contributed by atoms with Gasteiger partial charge in [0.25, 0.3) is 0 Å². The number of nitrogens with two attached hydrogens (primary N) is 1. The Balaban J connectivity index is 1.95. The largest absolute Gasteiger partial charge is 0.456 e. The summed E-state index contributed by atoms with van der Waals surface area (Å²) < 4.78 is 10.4. The average Bonchev–Trinajstić information content (AvgIpc) is 2.52. The number of nitrogens with one attached hydrogen (secondary N) is 1. The molecule has 2 rings (SSSR count). The van der Waals surface area contributed by atoms with Crippen LogP contribution in [0.15, 0.2) is 36.5 Å². The molecule has 26 heavy (non-hydrogen) atoms. The highest BCUT2D eigenvalue weighted by Gasteiger charge is 2.18. The first-order valence-electron chi connectivity index (χ1n) is 7.81. The molecule has 1 aromatic carbocycles. The maximum Gasteiger partial charge on any atom is 0.413 e. The molecule has 0 saturated carbocycles. The van der Waals surface area contributed by atoms with Crippen LogP contribution < -0.4 is 11.1 Å². The highest BCUT2D eigenvalue weighted by molar-refractivity contribution is 6.30. The molecule has 138 valence electrons. The van der Waals surface area contributed by atoms with E-state index in [-0.39, 0.29) is 12.4 Å². The Bertz CT molecular complexity index is 818. The van der Waals surface area contributed by atoms with Gasteiger partial charge in [-0.1, -0.05) is 17.7 Å². The van der Waals surface area contributed by atoms with E-state index in [4.69, 9.17) is 26.8 Å². The Morgan fingerprint density at radius 3 is 2.58 bits per heavy atom. The standard InChI is InChI=1S/C18H20ClN3O4/c1-18(2,3)26-16(23)11-4-5-12(14(20)8-11)10-25-17(24)22-15-9-13(19)6-7-21-15/h4-9H,10,20H2,1-3H3,(H,21,22,24). The molecule has 0 aliphatic rings. The van der Waals surface area contributed by atoms with Gasteiger partial charge in [-0.3, -0.25) is 5.32 Å². The van der Waals surface area contributed by atoms with Gasteiger partial charge < -0.3 is 15.2 Å². The van der Waals surface area contributed by atoms with E-state index in [1.165, 1.54) is 18.3 Å². The minimum atomic E-state index is -0.699. The second-order valence-electron chi connectivity index (χ2n) is 6.48. The summed E-state index contributed by atoms with van der Waals surface area (Å²) in [6.45, 7) is 5.28. The second kappa shape index (κ2) is 8.05. The SMILES string of the molecule is CC(C)(C)OC(=O)c1ccc(COC(=O)Nc2cc(Cl)ccn2)c(N)c1. The van der Waals surface area contributed by atoms with Crippen molar-refractivity contribution in [1.82, 2.24) is 4.98 Å². The molecule has 1 heterocycles. The number of carbonyl (C=O) groups excluding carboxylic acids is 2. The number of nitrogen functional groups attached to an aromatic ring is 1. The smallest absolute Gasteiger partial charge is 0.413 e. The Hall–Kier alpha value is -2.80. The van der Waals surface area contributed by atoms with Crippen molar-refractivity contribution < 1.29 is 19.1 Å². The number of carbonyl (C=O) groups is 2. The number of halogens is 1. The highest BCUT2D eigenvalue weighted by atomic mass is 35.5. The lowest BCUT2D eigenvalue weighted by Gasteiger charge is -2.19. The summed E-state index contributed by atoms with van der Waals surface area (Å²) in [5, 5.41) is 2.90. The summed E-state index contributed by atoms with van der Waals surface area (Å²) in [7, 11) is 0. The predicted molar refractivity (Wildman–Crippen MR) is 99.1 cm³/mol. The number of anilines is 2. The molecule has 3 N–H and O–H groups in total. The molecule has 0 unspecified atom stereocenters. The van der Waals surface area contributed by atoms with E-state index in [1.807, 2.05) is 0 Å². The lowest BCUT2D eigenvalue weighted by Crippen LogP contribution is -2.24. The number of esters is 1. The summed E-state index contributed by atoms with van der Waals surface area (Å²) in [5.74, 6) is -0.197. The monoisotopic (exact) mass is 377 g/mol. The molecule has 0 radical (unpaired) electrons. The summed E-state index contributed by atoms with van der Waals surface area (Å²) in [6, 6.07) is 7.75. The first kappa shape index (κ1) is 19.5. The molecule has 0 spiro atoms. The van der Waals surface area contributed by atoms with Gasteiger partial charge in [0.15, 0.2) is 0 Å². The van der Waals surface area contributed by atoms with Crippen LogP contribution in [0.1, 0.15) is 36.7 Å². The maximum atomic E-state index is 12.0. The first-order valence-corrected chi connectivity index (χ1v) is 8.19. The normalized spacial score (nSPS) is 10.9. The molecular weight excluding hydrogens is 358 g/mol. The van der Waals surface area contributed by atoms with E-state index in [2.05, 4.69) is 10.3 Å². The van der Waals surface area contributed by atoms with E-state index in [9.17, 15) is 9.59 Å². The molecule has 0 bridgehead atoms. The Labute approximate surface area is 156 Å². The Morgan fingerprint density at radius 1 is 1.23 bits per heavy atom. The quantitative estimate of drug-likeness (QED) is 0.616. The van der Waals surface area contributed by atoms with Crippen LogP contribution in [0.3, 0.4) is 0 Å². The molecule has 0 fully saturated rings. The number of hydrogen-bond donors (Lipinski definition) is 2. The fraction of sp³-hybridized carbons (Fsp3) is 0.278. The van der Waals surface area contributed by atoms with Crippen molar-refractivity contribution in [3.8, 4) is 0 Å².